The summed E-state index contributed by atoms with van der Waals surface area (Å²) < 4.78 is 0. The number of aliphatic hydroxyl groups is 1. The average molecular weight is 166 g/mol. The Bertz CT molecular complexity index is 270. The highest BCUT2D eigenvalue weighted by atomic mass is 32.2. The van der Waals surface area contributed by atoms with E-state index in [-0.39, 0.29) is 6.61 Å². The third-order valence-corrected chi connectivity index (χ3v) is 3.19. The molecule has 0 unspecified atom stereocenters. The molecule has 0 aliphatic carbocycles. The third kappa shape index (κ3) is 1.17. The normalized spacial score (nSPS) is 15.0. The predicted octanol–water partition coefficient (Wildman–Crippen LogP) is 1.83. The van der Waals surface area contributed by atoms with E-state index in [9.17, 15) is 0 Å². The van der Waals surface area contributed by atoms with Crippen molar-refractivity contribution in [3.05, 3.63) is 29.3 Å². The zero-order valence-electron chi connectivity index (χ0n) is 6.21. The number of hydrogen-bond acceptors (Lipinski definition) is 2. The number of hydrogen-bond donors (Lipinski definition) is 1. The maximum Gasteiger partial charge on any atom is 0.0692 e. The van der Waals surface area contributed by atoms with E-state index < -0.39 is 0 Å². The molecule has 1 heterocycles. The van der Waals surface area contributed by atoms with Crippen molar-refractivity contribution in [2.24, 2.45) is 0 Å². The molecule has 58 valence electrons. The number of thioether (sulfide) groups is 1. The Morgan fingerprint density at radius 2 is 2.36 bits per heavy atom. The molecular weight excluding hydrogens is 156 g/mol. The van der Waals surface area contributed by atoms with Gasteiger partial charge in [0.25, 0.3) is 0 Å². The minimum atomic E-state index is 0.177. The van der Waals surface area contributed by atoms with Crippen LogP contribution in [0, 0.1) is 0 Å². The largest absolute Gasteiger partial charge is 0.392 e. The van der Waals surface area contributed by atoms with E-state index in [0.29, 0.717) is 0 Å². The summed E-state index contributed by atoms with van der Waals surface area (Å²) in [5.41, 5.74) is 2.49. The van der Waals surface area contributed by atoms with Crippen LogP contribution < -0.4 is 0 Å². The van der Waals surface area contributed by atoms with Crippen molar-refractivity contribution in [3.63, 3.8) is 0 Å². The van der Waals surface area contributed by atoms with Crippen molar-refractivity contribution in [3.8, 4) is 0 Å². The summed E-state index contributed by atoms with van der Waals surface area (Å²) >= 11 is 1.86. The maximum atomic E-state index is 8.99. The lowest BCUT2D eigenvalue weighted by atomic mass is 10.1. The van der Waals surface area contributed by atoms with Gasteiger partial charge in [-0.05, 0) is 17.5 Å². The fraction of sp³-hybridized carbons (Fsp3) is 0.333. The van der Waals surface area contributed by atoms with Gasteiger partial charge in [0.2, 0.25) is 0 Å². The number of aryl methyl sites for hydroxylation is 1. The van der Waals surface area contributed by atoms with E-state index >= 15 is 0 Å². The van der Waals surface area contributed by atoms with Crippen LogP contribution in [0.25, 0.3) is 0 Å². The lowest BCUT2D eigenvalue weighted by Crippen LogP contribution is -1.87. The molecule has 1 aromatic rings. The molecule has 0 spiro atoms. The second-order valence-electron chi connectivity index (χ2n) is 2.66. The van der Waals surface area contributed by atoms with Gasteiger partial charge in [-0.15, -0.1) is 11.8 Å². The molecule has 1 aliphatic heterocycles. The zero-order valence-corrected chi connectivity index (χ0v) is 7.03. The first-order valence-electron chi connectivity index (χ1n) is 3.76. The summed E-state index contributed by atoms with van der Waals surface area (Å²) in [6.07, 6.45) is 1.16. The van der Waals surface area contributed by atoms with Crippen molar-refractivity contribution < 1.29 is 5.11 Å². The van der Waals surface area contributed by atoms with E-state index in [1.54, 1.807) is 0 Å². The molecular formula is C9H10OS. The van der Waals surface area contributed by atoms with Crippen LogP contribution in [0.3, 0.4) is 0 Å². The summed E-state index contributed by atoms with van der Waals surface area (Å²) in [5, 5.41) is 8.99. The summed E-state index contributed by atoms with van der Waals surface area (Å²) in [5.74, 6) is 1.17. The molecule has 1 aromatic carbocycles. The number of benzene rings is 1. The molecule has 0 fully saturated rings. The van der Waals surface area contributed by atoms with Gasteiger partial charge in [-0.1, -0.05) is 18.2 Å². The second-order valence-corrected chi connectivity index (χ2v) is 3.77. The average Bonchev–Trinajstić information content (AvgIpc) is 2.50. The van der Waals surface area contributed by atoms with E-state index in [1.807, 2.05) is 23.9 Å². The second kappa shape index (κ2) is 2.88. The summed E-state index contributed by atoms with van der Waals surface area (Å²) in [6, 6.07) is 6.17. The summed E-state index contributed by atoms with van der Waals surface area (Å²) in [7, 11) is 0. The number of rotatable bonds is 1. The van der Waals surface area contributed by atoms with Gasteiger partial charge in [-0.2, -0.15) is 0 Å². The van der Waals surface area contributed by atoms with Crippen LogP contribution in [0.2, 0.25) is 0 Å². The maximum absolute atomic E-state index is 8.99. The molecule has 0 atom stereocenters. The van der Waals surface area contributed by atoms with Gasteiger partial charge in [0.15, 0.2) is 0 Å². The van der Waals surface area contributed by atoms with E-state index in [2.05, 4.69) is 6.07 Å². The van der Waals surface area contributed by atoms with Crippen LogP contribution in [-0.4, -0.2) is 10.9 Å². The van der Waals surface area contributed by atoms with Crippen LogP contribution in [0.1, 0.15) is 11.1 Å². The molecule has 2 heteroatoms. The molecule has 0 saturated heterocycles. The van der Waals surface area contributed by atoms with E-state index in [1.165, 1.54) is 16.2 Å². The molecule has 2 rings (SSSR count). The van der Waals surface area contributed by atoms with Gasteiger partial charge in [0.05, 0.1) is 6.61 Å². The van der Waals surface area contributed by atoms with Gasteiger partial charge >= 0.3 is 0 Å². The predicted molar refractivity (Wildman–Crippen MR) is 46.8 cm³/mol. The highest BCUT2D eigenvalue weighted by molar-refractivity contribution is 7.99. The highest BCUT2D eigenvalue weighted by Crippen LogP contribution is 2.33. The van der Waals surface area contributed by atoms with Gasteiger partial charge in [-0.25, -0.2) is 0 Å². The smallest absolute Gasteiger partial charge is 0.0692 e. The molecule has 0 aromatic heterocycles. The van der Waals surface area contributed by atoms with Gasteiger partial charge in [0, 0.05) is 10.6 Å². The molecule has 0 saturated carbocycles. The van der Waals surface area contributed by atoms with Crippen LogP contribution >= 0.6 is 11.8 Å². The molecule has 1 nitrogen and oxygen atoms in total. The quantitative estimate of drug-likeness (QED) is 0.686. The Morgan fingerprint density at radius 3 is 3.18 bits per heavy atom. The first-order chi connectivity index (χ1) is 5.42. The molecule has 1 N–H and O–H groups in total. The van der Waals surface area contributed by atoms with Crippen LogP contribution in [0.15, 0.2) is 23.1 Å². The van der Waals surface area contributed by atoms with Crippen molar-refractivity contribution >= 4 is 11.8 Å². The third-order valence-electron chi connectivity index (χ3n) is 1.97. The number of fused-ring (bicyclic) bond motifs is 1. The van der Waals surface area contributed by atoms with Crippen LogP contribution in [-0.2, 0) is 13.0 Å². The van der Waals surface area contributed by atoms with Crippen molar-refractivity contribution in [2.45, 2.75) is 17.9 Å². The molecule has 11 heavy (non-hydrogen) atoms. The first kappa shape index (κ1) is 7.19. The minimum Gasteiger partial charge on any atom is -0.392 e. The zero-order chi connectivity index (χ0) is 7.68. The van der Waals surface area contributed by atoms with Crippen molar-refractivity contribution in [2.75, 3.05) is 5.75 Å². The summed E-state index contributed by atoms with van der Waals surface area (Å²) in [6.45, 7) is 0.177. The Labute approximate surface area is 70.4 Å². The highest BCUT2D eigenvalue weighted by Gasteiger charge is 2.13. The van der Waals surface area contributed by atoms with E-state index in [0.717, 1.165) is 12.0 Å². The molecule has 1 aliphatic rings. The van der Waals surface area contributed by atoms with Crippen LogP contribution in [0.5, 0.6) is 0 Å². The first-order valence-corrected chi connectivity index (χ1v) is 4.75. The fourth-order valence-electron chi connectivity index (χ4n) is 1.41. The minimum absolute atomic E-state index is 0.177. The molecule has 0 amide bonds. The SMILES string of the molecule is OCc1cccc2c1SCC2. The van der Waals surface area contributed by atoms with Crippen molar-refractivity contribution in [1.82, 2.24) is 0 Å². The van der Waals surface area contributed by atoms with Gasteiger partial charge in [-0.3, -0.25) is 0 Å². The Balaban J connectivity index is 2.50. The van der Waals surface area contributed by atoms with Crippen LogP contribution in [0.4, 0.5) is 0 Å². The topological polar surface area (TPSA) is 20.2 Å². The van der Waals surface area contributed by atoms with Gasteiger partial charge in [0.1, 0.15) is 0 Å². The monoisotopic (exact) mass is 166 g/mol. The lowest BCUT2D eigenvalue weighted by molar-refractivity contribution is 0.279. The fourth-order valence-corrected chi connectivity index (χ4v) is 2.61. The summed E-state index contributed by atoms with van der Waals surface area (Å²) in [4.78, 5) is 1.31. The van der Waals surface area contributed by atoms with Crippen molar-refractivity contribution in [1.29, 1.82) is 0 Å². The van der Waals surface area contributed by atoms with E-state index in [4.69, 9.17) is 5.11 Å². The Morgan fingerprint density at radius 1 is 1.45 bits per heavy atom. The number of aliphatic hydroxyl groups excluding tert-OH is 1. The Hall–Kier alpha value is -0.470. The Kier molecular flexibility index (Phi) is 1.88. The lowest BCUT2D eigenvalue weighted by Gasteiger charge is -2.02. The molecule has 0 bridgehead atoms. The van der Waals surface area contributed by atoms with Gasteiger partial charge < -0.3 is 5.11 Å². The standard InChI is InChI=1S/C9H10OS/c10-6-8-3-1-2-7-4-5-11-9(7)8/h1-3,10H,4-6H2. The molecule has 0 radical (unpaired) electrons.